The van der Waals surface area contributed by atoms with E-state index in [-0.39, 0.29) is 17.1 Å². The molecule has 0 N–H and O–H groups in total. The minimum absolute atomic E-state index is 0.0290. The van der Waals surface area contributed by atoms with E-state index in [2.05, 4.69) is 0 Å². The van der Waals surface area contributed by atoms with Gasteiger partial charge in [0.2, 0.25) is 0 Å². The van der Waals surface area contributed by atoms with Crippen molar-refractivity contribution in [2.75, 3.05) is 0 Å². The lowest BCUT2D eigenvalue weighted by Crippen LogP contribution is -2.22. The fraction of sp³-hybridized carbons (Fsp3) is 0.833. The highest BCUT2D eigenvalue weighted by Gasteiger charge is 2.22. The quantitative estimate of drug-likeness (QED) is 0.636. The minimum Gasteiger partial charge on any atom is -0.303 e. The molecular formula is C12H22O2. The zero-order valence-electron chi connectivity index (χ0n) is 9.96. The van der Waals surface area contributed by atoms with Gasteiger partial charge in [-0.15, -0.1) is 0 Å². The fourth-order valence-electron chi connectivity index (χ4n) is 1.23. The third-order valence-electron chi connectivity index (χ3n) is 2.57. The second-order valence-corrected chi connectivity index (χ2v) is 5.26. The summed E-state index contributed by atoms with van der Waals surface area (Å²) in [7, 11) is 0. The Kier molecular flexibility index (Phi) is 5.03. The van der Waals surface area contributed by atoms with Gasteiger partial charge in [-0.05, 0) is 12.3 Å². The van der Waals surface area contributed by atoms with Crippen molar-refractivity contribution in [2.24, 2.45) is 17.3 Å². The molecule has 0 heterocycles. The summed E-state index contributed by atoms with van der Waals surface area (Å²) in [6, 6.07) is 0. The molecular weight excluding hydrogens is 176 g/mol. The van der Waals surface area contributed by atoms with Crippen molar-refractivity contribution in [2.45, 2.75) is 47.5 Å². The maximum absolute atomic E-state index is 11.6. The van der Waals surface area contributed by atoms with Gasteiger partial charge in [-0.25, -0.2) is 0 Å². The number of aldehydes is 1. The van der Waals surface area contributed by atoms with E-state index in [1.54, 1.807) is 0 Å². The summed E-state index contributed by atoms with van der Waals surface area (Å²) in [4.78, 5) is 22.3. The molecule has 2 heteroatoms. The zero-order valence-corrected chi connectivity index (χ0v) is 9.96. The summed E-state index contributed by atoms with van der Waals surface area (Å²) in [6.07, 6.45) is 2.18. The lowest BCUT2D eigenvalue weighted by molar-refractivity contribution is -0.126. The van der Waals surface area contributed by atoms with Gasteiger partial charge in [0, 0.05) is 17.8 Å². The monoisotopic (exact) mass is 198 g/mol. The van der Waals surface area contributed by atoms with E-state index in [0.717, 1.165) is 6.29 Å². The highest BCUT2D eigenvalue weighted by atomic mass is 16.1. The van der Waals surface area contributed by atoms with Crippen molar-refractivity contribution >= 4 is 12.1 Å². The van der Waals surface area contributed by atoms with Crippen LogP contribution in [0.3, 0.4) is 0 Å². The maximum Gasteiger partial charge on any atom is 0.138 e. The number of ketones is 1. The molecule has 0 unspecified atom stereocenters. The molecule has 82 valence electrons. The molecule has 0 spiro atoms. The first-order valence-electron chi connectivity index (χ1n) is 5.27. The molecule has 0 saturated heterocycles. The Hall–Kier alpha value is -0.660. The van der Waals surface area contributed by atoms with Crippen molar-refractivity contribution in [3.05, 3.63) is 0 Å². The molecule has 0 aliphatic heterocycles. The van der Waals surface area contributed by atoms with Crippen molar-refractivity contribution in [3.8, 4) is 0 Å². The average molecular weight is 198 g/mol. The molecule has 0 aliphatic carbocycles. The Balaban J connectivity index is 4.05. The van der Waals surface area contributed by atoms with Crippen molar-refractivity contribution in [1.82, 2.24) is 0 Å². The molecule has 0 radical (unpaired) electrons. The summed E-state index contributed by atoms with van der Waals surface area (Å²) in [5.41, 5.74) is -0.273. The van der Waals surface area contributed by atoms with E-state index in [9.17, 15) is 9.59 Å². The summed E-state index contributed by atoms with van der Waals surface area (Å²) >= 11 is 0. The van der Waals surface area contributed by atoms with Crippen LogP contribution >= 0.6 is 0 Å². The predicted octanol–water partition coefficient (Wildman–Crippen LogP) is 2.85. The largest absolute Gasteiger partial charge is 0.303 e. The van der Waals surface area contributed by atoms with Gasteiger partial charge in [0.05, 0.1) is 0 Å². The van der Waals surface area contributed by atoms with E-state index in [1.165, 1.54) is 0 Å². The molecule has 0 aromatic heterocycles. The summed E-state index contributed by atoms with van der Waals surface area (Å²) in [5, 5.41) is 0. The van der Waals surface area contributed by atoms with E-state index in [1.807, 2.05) is 34.6 Å². The van der Waals surface area contributed by atoms with Gasteiger partial charge >= 0.3 is 0 Å². The fourth-order valence-corrected chi connectivity index (χ4v) is 1.23. The molecule has 2 nitrogen and oxygen atoms in total. The van der Waals surface area contributed by atoms with Crippen LogP contribution in [0.15, 0.2) is 0 Å². The first-order valence-corrected chi connectivity index (χ1v) is 5.27. The molecule has 0 amide bonds. The summed E-state index contributed by atoms with van der Waals surface area (Å²) in [6.45, 7) is 9.78. The van der Waals surface area contributed by atoms with Gasteiger partial charge in [0.25, 0.3) is 0 Å². The van der Waals surface area contributed by atoms with Crippen LogP contribution in [0.2, 0.25) is 0 Å². The van der Waals surface area contributed by atoms with E-state index in [0.29, 0.717) is 18.8 Å². The van der Waals surface area contributed by atoms with Crippen molar-refractivity contribution in [3.63, 3.8) is 0 Å². The zero-order chi connectivity index (χ0) is 11.4. The Morgan fingerprint density at radius 2 is 1.79 bits per heavy atom. The van der Waals surface area contributed by atoms with Gasteiger partial charge < -0.3 is 4.79 Å². The SMILES string of the molecule is CC(C)[C@H](C=O)CCC(=O)C(C)(C)C. The van der Waals surface area contributed by atoms with E-state index in [4.69, 9.17) is 0 Å². The van der Waals surface area contributed by atoms with Crippen LogP contribution in [0.5, 0.6) is 0 Å². The Morgan fingerprint density at radius 1 is 1.29 bits per heavy atom. The van der Waals surface area contributed by atoms with Crippen molar-refractivity contribution < 1.29 is 9.59 Å². The van der Waals surface area contributed by atoms with Gasteiger partial charge in [-0.3, -0.25) is 4.79 Å². The Bertz CT molecular complexity index is 199. The van der Waals surface area contributed by atoms with Gasteiger partial charge in [0.1, 0.15) is 12.1 Å². The summed E-state index contributed by atoms with van der Waals surface area (Å²) in [5.74, 6) is 0.603. The normalized spacial score (nSPS) is 14.1. The summed E-state index contributed by atoms with van der Waals surface area (Å²) < 4.78 is 0. The Morgan fingerprint density at radius 3 is 2.07 bits per heavy atom. The van der Waals surface area contributed by atoms with Crippen LogP contribution in [0, 0.1) is 17.3 Å². The van der Waals surface area contributed by atoms with Crippen LogP contribution in [0.25, 0.3) is 0 Å². The smallest absolute Gasteiger partial charge is 0.138 e. The van der Waals surface area contributed by atoms with Gasteiger partial charge in [0.15, 0.2) is 0 Å². The van der Waals surface area contributed by atoms with Gasteiger partial charge in [-0.2, -0.15) is 0 Å². The molecule has 0 fully saturated rings. The first-order chi connectivity index (χ1) is 6.29. The molecule has 0 aromatic carbocycles. The van der Waals surface area contributed by atoms with Crippen LogP contribution in [0.4, 0.5) is 0 Å². The molecule has 0 saturated carbocycles. The number of carbonyl (C=O) groups excluding carboxylic acids is 2. The number of hydrogen-bond acceptors (Lipinski definition) is 2. The molecule has 14 heavy (non-hydrogen) atoms. The lowest BCUT2D eigenvalue weighted by atomic mass is 9.84. The highest BCUT2D eigenvalue weighted by molar-refractivity contribution is 5.83. The third kappa shape index (κ3) is 4.54. The second-order valence-electron chi connectivity index (χ2n) is 5.26. The third-order valence-corrected chi connectivity index (χ3v) is 2.57. The van der Waals surface area contributed by atoms with Gasteiger partial charge in [-0.1, -0.05) is 34.6 Å². The van der Waals surface area contributed by atoms with Crippen molar-refractivity contribution in [1.29, 1.82) is 0 Å². The predicted molar refractivity (Wildman–Crippen MR) is 58.1 cm³/mol. The number of Topliss-reactive ketones (excluding diaryl/α,β-unsaturated/α-hetero) is 1. The topological polar surface area (TPSA) is 34.1 Å². The van der Waals surface area contributed by atoms with Crippen LogP contribution in [0.1, 0.15) is 47.5 Å². The highest BCUT2D eigenvalue weighted by Crippen LogP contribution is 2.21. The standard InChI is InChI=1S/C12H22O2/c1-9(2)10(8-13)6-7-11(14)12(3,4)5/h8-10H,6-7H2,1-5H3/t10-/m0/s1. The second kappa shape index (κ2) is 5.28. The number of hydrogen-bond donors (Lipinski definition) is 0. The van der Waals surface area contributed by atoms with Crippen LogP contribution < -0.4 is 0 Å². The number of rotatable bonds is 5. The Labute approximate surface area is 87.1 Å². The molecule has 1 atom stereocenters. The van der Waals surface area contributed by atoms with E-state index >= 15 is 0 Å². The minimum atomic E-state index is -0.273. The van der Waals surface area contributed by atoms with Crippen LogP contribution in [-0.2, 0) is 9.59 Å². The lowest BCUT2D eigenvalue weighted by Gasteiger charge is -2.19. The maximum atomic E-state index is 11.6. The average Bonchev–Trinajstić information content (AvgIpc) is 2.02. The molecule has 0 aliphatic rings. The molecule has 0 bridgehead atoms. The van der Waals surface area contributed by atoms with Crippen LogP contribution in [-0.4, -0.2) is 12.1 Å². The molecule has 0 rings (SSSR count). The van der Waals surface area contributed by atoms with E-state index < -0.39 is 0 Å². The first kappa shape index (κ1) is 13.3. The number of carbonyl (C=O) groups is 2. The molecule has 0 aromatic rings.